The molecule has 0 unspecified atom stereocenters. The van der Waals surface area contributed by atoms with Crippen LogP contribution in [0, 0.1) is 0 Å². The van der Waals surface area contributed by atoms with Gasteiger partial charge in [0.15, 0.2) is 5.82 Å². The van der Waals surface area contributed by atoms with Crippen molar-refractivity contribution in [1.29, 1.82) is 0 Å². The highest BCUT2D eigenvalue weighted by molar-refractivity contribution is 5.69. The van der Waals surface area contributed by atoms with Crippen LogP contribution in [0.2, 0.25) is 0 Å². The lowest BCUT2D eigenvalue weighted by Crippen LogP contribution is -2.50. The Bertz CT molecular complexity index is 472. The Morgan fingerprint density at radius 3 is 2.70 bits per heavy atom. The summed E-state index contributed by atoms with van der Waals surface area (Å²) in [6.07, 6.45) is 8.33. The Morgan fingerprint density at radius 1 is 1.40 bits per heavy atom. The molecule has 0 aliphatic heterocycles. The van der Waals surface area contributed by atoms with Crippen LogP contribution in [-0.4, -0.2) is 40.7 Å². The SMILES string of the molecule is COc1cncc(N(C)C2(CC(=O)O)CCCCC2)n1. The molecule has 2 rings (SSSR count). The van der Waals surface area contributed by atoms with Gasteiger partial charge in [0.1, 0.15) is 0 Å². The highest BCUT2D eigenvalue weighted by Crippen LogP contribution is 2.38. The maximum absolute atomic E-state index is 11.2. The van der Waals surface area contributed by atoms with E-state index >= 15 is 0 Å². The van der Waals surface area contributed by atoms with Gasteiger partial charge in [0.2, 0.25) is 5.88 Å². The maximum atomic E-state index is 11.2. The van der Waals surface area contributed by atoms with Crippen LogP contribution in [0.4, 0.5) is 5.82 Å². The highest BCUT2D eigenvalue weighted by Gasteiger charge is 2.39. The number of anilines is 1. The molecule has 0 aromatic carbocycles. The normalized spacial score (nSPS) is 17.5. The molecule has 1 heterocycles. The van der Waals surface area contributed by atoms with E-state index in [-0.39, 0.29) is 12.0 Å². The number of aromatic nitrogens is 2. The van der Waals surface area contributed by atoms with E-state index in [2.05, 4.69) is 9.97 Å². The molecule has 0 spiro atoms. The van der Waals surface area contributed by atoms with Crippen molar-refractivity contribution >= 4 is 11.8 Å². The molecule has 0 amide bonds. The van der Waals surface area contributed by atoms with E-state index in [0.29, 0.717) is 11.7 Å². The molecule has 0 saturated heterocycles. The third kappa shape index (κ3) is 3.00. The first kappa shape index (κ1) is 14.6. The van der Waals surface area contributed by atoms with Crippen molar-refractivity contribution in [3.8, 4) is 5.88 Å². The Morgan fingerprint density at radius 2 is 2.10 bits per heavy atom. The lowest BCUT2D eigenvalue weighted by Gasteiger charge is -2.44. The molecule has 0 radical (unpaired) electrons. The molecule has 110 valence electrons. The van der Waals surface area contributed by atoms with Crippen molar-refractivity contribution < 1.29 is 14.6 Å². The number of aliphatic carboxylic acids is 1. The van der Waals surface area contributed by atoms with Crippen LogP contribution in [0.1, 0.15) is 38.5 Å². The first-order valence-electron chi connectivity index (χ1n) is 6.89. The number of rotatable bonds is 5. The van der Waals surface area contributed by atoms with Crippen LogP contribution >= 0.6 is 0 Å². The number of carboxylic acid groups (broad SMARTS) is 1. The molecule has 1 aliphatic carbocycles. The number of nitrogens with zero attached hydrogens (tertiary/aromatic N) is 3. The van der Waals surface area contributed by atoms with Gasteiger partial charge in [-0.2, -0.15) is 4.98 Å². The van der Waals surface area contributed by atoms with Crippen molar-refractivity contribution in [1.82, 2.24) is 9.97 Å². The fraction of sp³-hybridized carbons (Fsp3) is 0.643. The van der Waals surface area contributed by atoms with Crippen molar-refractivity contribution in [3.63, 3.8) is 0 Å². The van der Waals surface area contributed by atoms with Crippen LogP contribution in [0.3, 0.4) is 0 Å². The van der Waals surface area contributed by atoms with Gasteiger partial charge in [-0.3, -0.25) is 9.78 Å². The highest BCUT2D eigenvalue weighted by atomic mass is 16.5. The minimum absolute atomic E-state index is 0.127. The molecule has 6 nitrogen and oxygen atoms in total. The Labute approximate surface area is 118 Å². The Kier molecular flexibility index (Phi) is 4.42. The van der Waals surface area contributed by atoms with Crippen molar-refractivity contribution in [3.05, 3.63) is 12.4 Å². The van der Waals surface area contributed by atoms with E-state index < -0.39 is 5.97 Å². The van der Waals surface area contributed by atoms with Crippen LogP contribution in [0.25, 0.3) is 0 Å². The number of ether oxygens (including phenoxy) is 1. The van der Waals surface area contributed by atoms with Gasteiger partial charge in [-0.15, -0.1) is 0 Å². The maximum Gasteiger partial charge on any atom is 0.305 e. The second-order valence-corrected chi connectivity index (χ2v) is 5.33. The van der Waals surface area contributed by atoms with E-state index in [0.717, 1.165) is 25.7 Å². The fourth-order valence-electron chi connectivity index (χ4n) is 2.96. The smallest absolute Gasteiger partial charge is 0.305 e. The number of carboxylic acids is 1. The van der Waals surface area contributed by atoms with Crippen LogP contribution in [-0.2, 0) is 4.79 Å². The third-order valence-corrected chi connectivity index (χ3v) is 4.13. The lowest BCUT2D eigenvalue weighted by atomic mass is 9.78. The van der Waals surface area contributed by atoms with E-state index in [4.69, 9.17) is 4.74 Å². The number of hydrogen-bond donors (Lipinski definition) is 1. The predicted molar refractivity (Wildman–Crippen MR) is 75.1 cm³/mol. The average molecular weight is 279 g/mol. The summed E-state index contributed by atoms with van der Waals surface area (Å²) in [6.45, 7) is 0. The van der Waals surface area contributed by atoms with Gasteiger partial charge in [-0.25, -0.2) is 0 Å². The first-order valence-corrected chi connectivity index (χ1v) is 6.89. The summed E-state index contributed by atoms with van der Waals surface area (Å²) < 4.78 is 5.09. The van der Waals surface area contributed by atoms with E-state index in [1.165, 1.54) is 6.42 Å². The lowest BCUT2D eigenvalue weighted by molar-refractivity contribution is -0.138. The molecular weight excluding hydrogens is 258 g/mol. The summed E-state index contributed by atoms with van der Waals surface area (Å²) >= 11 is 0. The second-order valence-electron chi connectivity index (χ2n) is 5.33. The van der Waals surface area contributed by atoms with Crippen molar-refractivity contribution in [2.24, 2.45) is 0 Å². The van der Waals surface area contributed by atoms with Gasteiger partial charge >= 0.3 is 5.97 Å². The molecule has 1 aromatic heterocycles. The number of methoxy groups -OCH3 is 1. The molecule has 1 saturated carbocycles. The van der Waals surface area contributed by atoms with Crippen LogP contribution in [0.15, 0.2) is 12.4 Å². The summed E-state index contributed by atoms with van der Waals surface area (Å²) in [7, 11) is 3.44. The number of carbonyl (C=O) groups is 1. The summed E-state index contributed by atoms with van der Waals surface area (Å²) in [5.74, 6) is 0.331. The second kappa shape index (κ2) is 6.07. The Balaban J connectivity index is 2.29. The Hall–Kier alpha value is -1.85. The minimum Gasteiger partial charge on any atom is -0.481 e. The molecule has 1 aromatic rings. The van der Waals surface area contributed by atoms with Crippen LogP contribution in [0.5, 0.6) is 5.88 Å². The van der Waals surface area contributed by atoms with Gasteiger partial charge in [0, 0.05) is 7.05 Å². The zero-order chi connectivity index (χ0) is 14.6. The topological polar surface area (TPSA) is 75.5 Å². The van der Waals surface area contributed by atoms with Crippen LogP contribution < -0.4 is 9.64 Å². The summed E-state index contributed by atoms with van der Waals surface area (Å²) in [4.78, 5) is 21.7. The monoisotopic (exact) mass is 279 g/mol. The molecule has 1 aliphatic rings. The van der Waals surface area contributed by atoms with E-state index in [1.54, 1.807) is 19.5 Å². The third-order valence-electron chi connectivity index (χ3n) is 4.13. The van der Waals surface area contributed by atoms with E-state index in [1.807, 2.05) is 11.9 Å². The zero-order valence-corrected chi connectivity index (χ0v) is 12.0. The minimum atomic E-state index is -0.769. The molecule has 0 atom stereocenters. The predicted octanol–water partition coefficient (Wildman–Crippen LogP) is 2.10. The molecule has 0 bridgehead atoms. The summed E-state index contributed by atoms with van der Waals surface area (Å²) in [6, 6.07) is 0. The molecule has 20 heavy (non-hydrogen) atoms. The van der Waals surface area contributed by atoms with Gasteiger partial charge < -0.3 is 14.7 Å². The summed E-state index contributed by atoms with van der Waals surface area (Å²) in [5, 5.41) is 9.24. The largest absolute Gasteiger partial charge is 0.481 e. The fourth-order valence-corrected chi connectivity index (χ4v) is 2.96. The van der Waals surface area contributed by atoms with Gasteiger partial charge in [0.05, 0.1) is 31.5 Å². The molecule has 1 N–H and O–H groups in total. The van der Waals surface area contributed by atoms with Gasteiger partial charge in [0.25, 0.3) is 0 Å². The molecular formula is C14H21N3O3. The van der Waals surface area contributed by atoms with Gasteiger partial charge in [-0.05, 0) is 12.8 Å². The summed E-state index contributed by atoms with van der Waals surface area (Å²) in [5.41, 5.74) is -0.370. The van der Waals surface area contributed by atoms with Gasteiger partial charge in [-0.1, -0.05) is 19.3 Å². The number of hydrogen-bond acceptors (Lipinski definition) is 5. The molecule has 6 heteroatoms. The average Bonchev–Trinajstić information content (AvgIpc) is 2.46. The van der Waals surface area contributed by atoms with Crippen molar-refractivity contribution in [2.75, 3.05) is 19.1 Å². The standard InChI is InChI=1S/C14H21N3O3/c1-17(11-9-15-10-12(16-11)20-2)14(8-13(18)19)6-4-3-5-7-14/h9-10H,3-8H2,1-2H3,(H,18,19). The van der Waals surface area contributed by atoms with Crippen molar-refractivity contribution in [2.45, 2.75) is 44.1 Å². The zero-order valence-electron chi connectivity index (χ0n) is 12.0. The van der Waals surface area contributed by atoms with E-state index in [9.17, 15) is 9.90 Å². The quantitative estimate of drug-likeness (QED) is 0.889. The molecule has 1 fully saturated rings. The first-order chi connectivity index (χ1) is 9.57.